The number of piperidine rings is 1. The molecular weight excluding hydrogens is 414 g/mol. The minimum atomic E-state index is -0.287. The molecule has 7 nitrogen and oxygen atoms in total. The Bertz CT molecular complexity index is 1250. The number of rotatable bonds is 4. The minimum Gasteiger partial charge on any atom is -0.342 e. The lowest BCUT2D eigenvalue weighted by molar-refractivity contribution is -0.133. The normalized spacial score (nSPS) is 19.6. The second-order valence-electron chi connectivity index (χ2n) is 9.36. The molecule has 3 aromatic rings. The topological polar surface area (TPSA) is 81.0 Å². The molecule has 3 heterocycles. The molecule has 7 heteroatoms. The molecular formula is C26H29N5O2. The summed E-state index contributed by atoms with van der Waals surface area (Å²) >= 11 is 0. The molecule has 5 rings (SSSR count). The average Bonchev–Trinajstić information content (AvgIpc) is 3.15. The first-order chi connectivity index (χ1) is 15.9. The minimum absolute atomic E-state index is 0.0896. The van der Waals surface area contributed by atoms with E-state index in [1.807, 2.05) is 61.3 Å². The summed E-state index contributed by atoms with van der Waals surface area (Å²) in [6.45, 7) is 5.49. The number of amides is 1. The zero-order valence-corrected chi connectivity index (χ0v) is 19.3. The van der Waals surface area contributed by atoms with E-state index in [1.54, 1.807) is 4.57 Å². The predicted octanol–water partition coefficient (Wildman–Crippen LogP) is 3.21. The van der Waals surface area contributed by atoms with E-state index in [-0.39, 0.29) is 17.0 Å². The van der Waals surface area contributed by atoms with Crippen molar-refractivity contribution in [2.24, 2.45) is 0 Å². The molecule has 1 atom stereocenters. The van der Waals surface area contributed by atoms with Crippen molar-refractivity contribution in [2.45, 2.75) is 57.9 Å². The zero-order valence-electron chi connectivity index (χ0n) is 19.3. The Morgan fingerprint density at radius 3 is 2.73 bits per heavy atom. The Morgan fingerprint density at radius 2 is 1.94 bits per heavy atom. The molecule has 2 aromatic heterocycles. The molecule has 0 radical (unpaired) electrons. The molecule has 0 N–H and O–H groups in total. The number of aromatic nitrogens is 4. The van der Waals surface area contributed by atoms with Crippen molar-refractivity contribution < 1.29 is 4.79 Å². The van der Waals surface area contributed by atoms with Gasteiger partial charge in [-0.1, -0.05) is 30.3 Å². The number of hydrogen-bond donors (Lipinski definition) is 0. The Hall–Kier alpha value is -3.35. The second-order valence-corrected chi connectivity index (χ2v) is 9.36. The average molecular weight is 444 g/mol. The van der Waals surface area contributed by atoms with Crippen molar-refractivity contribution >= 4 is 5.91 Å². The molecule has 1 amide bonds. The summed E-state index contributed by atoms with van der Waals surface area (Å²) < 4.78 is 1.59. The molecule has 33 heavy (non-hydrogen) atoms. The molecule has 1 aromatic carbocycles. The Balaban J connectivity index is 1.34. The van der Waals surface area contributed by atoms with E-state index in [4.69, 9.17) is 4.98 Å². The van der Waals surface area contributed by atoms with E-state index in [1.165, 1.54) is 5.56 Å². The third kappa shape index (κ3) is 4.08. The van der Waals surface area contributed by atoms with Crippen LogP contribution in [-0.4, -0.2) is 43.4 Å². The van der Waals surface area contributed by atoms with Crippen LogP contribution in [0.1, 0.15) is 48.3 Å². The molecule has 0 bridgehead atoms. The molecule has 0 saturated carbocycles. The first kappa shape index (κ1) is 21.5. The molecule has 1 spiro atoms. The maximum Gasteiger partial charge on any atom is 0.347 e. The molecule has 1 saturated heterocycles. The summed E-state index contributed by atoms with van der Waals surface area (Å²) in [6, 6.07) is 11.9. The number of likely N-dealkylation sites (tertiary alicyclic amines) is 1. The first-order valence-electron chi connectivity index (χ1n) is 11.7. The van der Waals surface area contributed by atoms with Crippen molar-refractivity contribution in [3.63, 3.8) is 0 Å². The van der Waals surface area contributed by atoms with Crippen molar-refractivity contribution in [2.75, 3.05) is 13.1 Å². The standard InChI is InChI=1S/C26H29N5O2/c1-18-15-19(2)31(25(33)28-18)14-10-22(32)30-13-6-11-26(17-30)12-9-21-16-27-24(29-23(21)26)20-7-4-3-5-8-20/h3-5,7-8,15-16H,6,9-14,17H2,1-2H3. The number of aryl methyl sites for hydroxylation is 3. The highest BCUT2D eigenvalue weighted by Crippen LogP contribution is 2.44. The fourth-order valence-corrected chi connectivity index (χ4v) is 5.42. The van der Waals surface area contributed by atoms with Crippen molar-refractivity contribution in [1.29, 1.82) is 0 Å². The number of nitrogens with zero attached hydrogens (tertiary/aromatic N) is 5. The largest absolute Gasteiger partial charge is 0.347 e. The van der Waals surface area contributed by atoms with E-state index < -0.39 is 0 Å². The summed E-state index contributed by atoms with van der Waals surface area (Å²) in [7, 11) is 0. The van der Waals surface area contributed by atoms with Gasteiger partial charge in [0.25, 0.3) is 0 Å². The highest BCUT2D eigenvalue weighted by molar-refractivity contribution is 5.76. The van der Waals surface area contributed by atoms with Gasteiger partial charge in [0.05, 0.1) is 5.69 Å². The number of benzene rings is 1. The number of carbonyl (C=O) groups excluding carboxylic acids is 1. The fraction of sp³-hybridized carbons (Fsp3) is 0.423. The Kier molecular flexibility index (Phi) is 5.56. The van der Waals surface area contributed by atoms with Gasteiger partial charge >= 0.3 is 5.69 Å². The number of carbonyl (C=O) groups is 1. The van der Waals surface area contributed by atoms with Gasteiger partial charge in [0.2, 0.25) is 5.91 Å². The lowest BCUT2D eigenvalue weighted by Crippen LogP contribution is -2.48. The van der Waals surface area contributed by atoms with Crippen molar-refractivity contribution in [1.82, 2.24) is 24.4 Å². The van der Waals surface area contributed by atoms with Gasteiger partial charge < -0.3 is 4.90 Å². The van der Waals surface area contributed by atoms with Gasteiger partial charge in [-0.05, 0) is 51.2 Å². The third-order valence-electron chi connectivity index (χ3n) is 7.10. The Labute approximate surface area is 193 Å². The lowest BCUT2D eigenvalue weighted by atomic mass is 9.77. The monoisotopic (exact) mass is 443 g/mol. The van der Waals surface area contributed by atoms with Gasteiger partial charge in [0.1, 0.15) is 0 Å². The molecule has 1 unspecified atom stereocenters. The quantitative estimate of drug-likeness (QED) is 0.619. The van der Waals surface area contributed by atoms with Gasteiger partial charge in [-0.15, -0.1) is 0 Å². The van der Waals surface area contributed by atoms with E-state index in [0.29, 0.717) is 25.2 Å². The zero-order chi connectivity index (χ0) is 23.0. The summed E-state index contributed by atoms with van der Waals surface area (Å²) in [5, 5.41) is 0. The van der Waals surface area contributed by atoms with Gasteiger partial charge in [-0.25, -0.2) is 14.8 Å². The molecule has 170 valence electrons. The summed E-state index contributed by atoms with van der Waals surface area (Å²) in [5.74, 6) is 0.840. The summed E-state index contributed by atoms with van der Waals surface area (Å²) in [5.41, 5.74) is 4.48. The highest BCUT2D eigenvalue weighted by Gasteiger charge is 2.44. The van der Waals surface area contributed by atoms with Gasteiger partial charge in [0.15, 0.2) is 5.82 Å². The second kappa shape index (κ2) is 8.54. The molecule has 1 fully saturated rings. The van der Waals surface area contributed by atoms with Crippen molar-refractivity contribution in [3.05, 3.63) is 75.7 Å². The lowest BCUT2D eigenvalue weighted by Gasteiger charge is -2.40. The summed E-state index contributed by atoms with van der Waals surface area (Å²) in [4.78, 5) is 41.0. The van der Waals surface area contributed by atoms with Gasteiger partial charge in [0, 0.05) is 54.6 Å². The van der Waals surface area contributed by atoms with Crippen LogP contribution in [0.5, 0.6) is 0 Å². The van der Waals surface area contributed by atoms with Crippen LogP contribution in [0.2, 0.25) is 0 Å². The van der Waals surface area contributed by atoms with Crippen LogP contribution in [0.25, 0.3) is 11.4 Å². The van der Waals surface area contributed by atoms with Gasteiger partial charge in [-0.2, -0.15) is 4.98 Å². The van der Waals surface area contributed by atoms with Crippen LogP contribution in [0.4, 0.5) is 0 Å². The highest BCUT2D eigenvalue weighted by atomic mass is 16.2. The van der Waals surface area contributed by atoms with E-state index in [0.717, 1.165) is 55.0 Å². The molecule has 2 aliphatic rings. The molecule has 1 aliphatic carbocycles. The first-order valence-corrected chi connectivity index (χ1v) is 11.7. The van der Waals surface area contributed by atoms with Crippen molar-refractivity contribution in [3.8, 4) is 11.4 Å². The fourth-order valence-electron chi connectivity index (χ4n) is 5.42. The maximum atomic E-state index is 13.2. The summed E-state index contributed by atoms with van der Waals surface area (Å²) in [6.07, 6.45) is 6.22. The SMILES string of the molecule is Cc1cc(C)n(CCC(=O)N2CCCC3(CCc4cnc(-c5ccccc5)nc43)C2)c(=O)n1. The Morgan fingerprint density at radius 1 is 1.12 bits per heavy atom. The van der Waals surface area contributed by atoms with Gasteiger partial charge in [-0.3, -0.25) is 9.36 Å². The van der Waals surface area contributed by atoms with E-state index in [2.05, 4.69) is 9.97 Å². The maximum absolute atomic E-state index is 13.2. The van der Waals surface area contributed by atoms with Crippen LogP contribution in [0, 0.1) is 13.8 Å². The third-order valence-corrected chi connectivity index (χ3v) is 7.10. The van der Waals surface area contributed by atoms with Crippen LogP contribution >= 0.6 is 0 Å². The number of hydrogen-bond acceptors (Lipinski definition) is 5. The van der Waals surface area contributed by atoms with Crippen LogP contribution < -0.4 is 5.69 Å². The predicted molar refractivity (Wildman–Crippen MR) is 126 cm³/mol. The van der Waals surface area contributed by atoms with E-state index in [9.17, 15) is 9.59 Å². The smallest absolute Gasteiger partial charge is 0.342 e. The van der Waals surface area contributed by atoms with Crippen LogP contribution in [-0.2, 0) is 23.2 Å². The van der Waals surface area contributed by atoms with Crippen LogP contribution in [0.15, 0.2) is 47.4 Å². The van der Waals surface area contributed by atoms with Crippen LogP contribution in [0.3, 0.4) is 0 Å². The molecule has 1 aliphatic heterocycles. The van der Waals surface area contributed by atoms with E-state index >= 15 is 0 Å². The number of fused-ring (bicyclic) bond motifs is 2.